The maximum absolute atomic E-state index is 13.0. The van der Waals surface area contributed by atoms with E-state index >= 15 is 0 Å². The first-order chi connectivity index (χ1) is 15.8. The van der Waals surface area contributed by atoms with E-state index in [2.05, 4.69) is 21.8 Å². The Morgan fingerprint density at radius 3 is 2.76 bits per heavy atom. The van der Waals surface area contributed by atoms with Crippen LogP contribution in [0, 0.1) is 0 Å². The summed E-state index contributed by atoms with van der Waals surface area (Å²) in [5, 5.41) is 3.67. The zero-order valence-corrected chi connectivity index (χ0v) is 18.9. The molecule has 9 heteroatoms. The molecule has 5 rings (SSSR count). The average molecular weight is 462 g/mol. The summed E-state index contributed by atoms with van der Waals surface area (Å²) >= 11 is 0. The van der Waals surface area contributed by atoms with Crippen molar-refractivity contribution in [1.29, 1.82) is 0 Å². The first-order valence-electron chi connectivity index (χ1n) is 11.8. The average Bonchev–Trinajstić information content (AvgIpc) is 3.30. The number of rotatable bonds is 3. The number of carbonyl (C=O) groups is 1. The highest BCUT2D eigenvalue weighted by Crippen LogP contribution is 2.29. The van der Waals surface area contributed by atoms with E-state index in [-0.39, 0.29) is 5.91 Å². The largest absolute Gasteiger partial charge is 0.435 e. The molecule has 0 aliphatic carbocycles. The van der Waals surface area contributed by atoms with Crippen LogP contribution in [0.2, 0.25) is 0 Å². The van der Waals surface area contributed by atoms with E-state index in [0.717, 1.165) is 49.8 Å². The lowest BCUT2D eigenvalue weighted by Crippen LogP contribution is -2.59. The van der Waals surface area contributed by atoms with Crippen LogP contribution in [0.1, 0.15) is 43.0 Å². The van der Waals surface area contributed by atoms with Crippen molar-refractivity contribution >= 4 is 5.91 Å². The molecule has 1 aromatic heterocycles. The van der Waals surface area contributed by atoms with Crippen molar-refractivity contribution in [2.75, 3.05) is 32.7 Å². The molecule has 0 bridgehead atoms. The Kier molecular flexibility index (Phi) is 5.95. The van der Waals surface area contributed by atoms with E-state index in [1.165, 1.54) is 30.1 Å². The van der Waals surface area contributed by atoms with Gasteiger partial charge >= 0.3 is 6.18 Å². The van der Waals surface area contributed by atoms with Gasteiger partial charge in [0.25, 0.3) is 0 Å². The van der Waals surface area contributed by atoms with E-state index in [1.54, 1.807) is 6.07 Å². The molecule has 1 unspecified atom stereocenters. The van der Waals surface area contributed by atoms with Crippen molar-refractivity contribution < 1.29 is 18.0 Å². The number of halogens is 3. The van der Waals surface area contributed by atoms with Gasteiger partial charge in [-0.3, -0.25) is 14.6 Å². The molecule has 1 amide bonds. The summed E-state index contributed by atoms with van der Waals surface area (Å²) in [5.41, 5.74) is 1.94. The summed E-state index contributed by atoms with van der Waals surface area (Å²) in [5.74, 6) is 0.198. The van der Waals surface area contributed by atoms with Gasteiger partial charge in [-0.1, -0.05) is 12.5 Å². The van der Waals surface area contributed by atoms with Gasteiger partial charge in [0.05, 0.1) is 12.2 Å². The molecule has 2 fully saturated rings. The van der Waals surface area contributed by atoms with Crippen molar-refractivity contribution in [1.82, 2.24) is 24.5 Å². The van der Waals surface area contributed by atoms with Gasteiger partial charge in [-0.05, 0) is 55.5 Å². The number of hydrogen-bond acceptors (Lipinski definition) is 4. The maximum Gasteiger partial charge on any atom is 0.435 e. The van der Waals surface area contributed by atoms with Crippen molar-refractivity contribution in [3.8, 4) is 5.69 Å². The van der Waals surface area contributed by atoms with Crippen LogP contribution in [0.5, 0.6) is 0 Å². The lowest BCUT2D eigenvalue weighted by atomic mass is 9.94. The molecular formula is C24H30F3N5O. The lowest BCUT2D eigenvalue weighted by molar-refractivity contribution is -0.141. The summed E-state index contributed by atoms with van der Waals surface area (Å²) in [6.07, 6.45) is 1.32. The van der Waals surface area contributed by atoms with Crippen molar-refractivity contribution in [2.45, 2.75) is 57.4 Å². The number of amides is 1. The van der Waals surface area contributed by atoms with Gasteiger partial charge in [0, 0.05) is 51.0 Å². The van der Waals surface area contributed by atoms with Crippen LogP contribution in [-0.2, 0) is 23.9 Å². The molecule has 0 radical (unpaired) electrons. The molecule has 6 nitrogen and oxygen atoms in total. The minimum Gasteiger partial charge on any atom is -0.339 e. The van der Waals surface area contributed by atoms with Gasteiger partial charge in [-0.25, -0.2) is 4.68 Å². The molecule has 33 heavy (non-hydrogen) atoms. The summed E-state index contributed by atoms with van der Waals surface area (Å²) in [6, 6.07) is 7.74. The predicted octanol–water partition coefficient (Wildman–Crippen LogP) is 3.33. The van der Waals surface area contributed by atoms with Gasteiger partial charge in [-0.2, -0.15) is 18.3 Å². The van der Waals surface area contributed by atoms with Gasteiger partial charge in [0.2, 0.25) is 5.91 Å². The van der Waals surface area contributed by atoms with Crippen molar-refractivity contribution in [3.05, 3.63) is 47.3 Å². The first-order valence-corrected chi connectivity index (χ1v) is 11.8. The van der Waals surface area contributed by atoms with Crippen LogP contribution < -0.4 is 0 Å². The zero-order valence-electron chi connectivity index (χ0n) is 18.9. The molecule has 2 saturated heterocycles. The minimum atomic E-state index is -4.45. The molecular weight excluding hydrogens is 431 g/mol. The molecule has 0 saturated carbocycles. The molecule has 3 aliphatic heterocycles. The fraction of sp³-hybridized carbons (Fsp3) is 0.583. The number of hydrogen-bond donors (Lipinski definition) is 0. The number of alkyl halides is 3. The summed E-state index contributed by atoms with van der Waals surface area (Å²) in [4.78, 5) is 19.8. The highest BCUT2D eigenvalue weighted by Gasteiger charge is 2.35. The second kappa shape index (κ2) is 8.76. The smallest absolute Gasteiger partial charge is 0.339 e. The number of piperazine rings is 1. The molecule has 0 N–H and O–H groups in total. The van der Waals surface area contributed by atoms with E-state index < -0.39 is 11.9 Å². The third-order valence-electron chi connectivity index (χ3n) is 7.39. The Bertz CT molecular complexity index is 1020. The van der Waals surface area contributed by atoms with Gasteiger partial charge in [0.1, 0.15) is 0 Å². The van der Waals surface area contributed by atoms with Gasteiger partial charge in [-0.15, -0.1) is 0 Å². The first kappa shape index (κ1) is 22.4. The number of benzene rings is 1. The maximum atomic E-state index is 13.0. The van der Waals surface area contributed by atoms with Crippen LogP contribution in [0.4, 0.5) is 13.2 Å². The van der Waals surface area contributed by atoms with E-state index in [9.17, 15) is 18.0 Å². The number of fused-ring (bicyclic) bond motifs is 2. The predicted molar refractivity (Wildman–Crippen MR) is 118 cm³/mol. The van der Waals surface area contributed by atoms with Crippen LogP contribution in [0.15, 0.2) is 30.5 Å². The third kappa shape index (κ3) is 4.66. The highest BCUT2D eigenvalue weighted by molar-refractivity contribution is 5.78. The molecule has 0 spiro atoms. The molecule has 4 heterocycles. The molecule has 3 aliphatic rings. The normalized spacial score (nSPS) is 24.4. The van der Waals surface area contributed by atoms with Crippen LogP contribution in [0.25, 0.3) is 5.69 Å². The zero-order chi connectivity index (χ0) is 23.2. The molecule has 1 aromatic carbocycles. The summed E-state index contributed by atoms with van der Waals surface area (Å²) < 4.78 is 39.8. The Morgan fingerprint density at radius 1 is 1.12 bits per heavy atom. The highest BCUT2D eigenvalue weighted by atomic mass is 19.4. The topological polar surface area (TPSA) is 44.6 Å². The Morgan fingerprint density at radius 2 is 1.97 bits per heavy atom. The summed E-state index contributed by atoms with van der Waals surface area (Å²) in [7, 11) is 0. The SMILES string of the molecule is CC1CCC[C@H]2CN(C(=O)CN3CCc4cc(-n5ccc(C(F)(F)F)n5)ccc4C3)CCN12. The fourth-order valence-electron chi connectivity index (χ4n) is 5.53. The molecule has 178 valence electrons. The van der Waals surface area contributed by atoms with Crippen molar-refractivity contribution in [3.63, 3.8) is 0 Å². The van der Waals surface area contributed by atoms with E-state index in [0.29, 0.717) is 30.9 Å². The third-order valence-corrected chi connectivity index (χ3v) is 7.39. The van der Waals surface area contributed by atoms with Crippen molar-refractivity contribution in [2.24, 2.45) is 0 Å². The molecule has 2 aromatic rings. The van der Waals surface area contributed by atoms with E-state index in [4.69, 9.17) is 0 Å². The van der Waals surface area contributed by atoms with Crippen LogP contribution in [0.3, 0.4) is 0 Å². The fourth-order valence-corrected chi connectivity index (χ4v) is 5.53. The lowest BCUT2D eigenvalue weighted by Gasteiger charge is -2.47. The number of carbonyl (C=O) groups excluding carboxylic acids is 1. The van der Waals surface area contributed by atoms with Gasteiger partial charge < -0.3 is 4.90 Å². The second-order valence-corrected chi connectivity index (χ2v) is 9.57. The van der Waals surface area contributed by atoms with Crippen LogP contribution in [-0.4, -0.2) is 75.2 Å². The molecule has 2 atom stereocenters. The number of aromatic nitrogens is 2. The number of piperidine rings is 1. The van der Waals surface area contributed by atoms with Gasteiger partial charge in [0.15, 0.2) is 5.69 Å². The second-order valence-electron chi connectivity index (χ2n) is 9.57. The van der Waals surface area contributed by atoms with E-state index in [1.807, 2.05) is 17.0 Å². The standard InChI is InChI=1S/C24H30F3N5O/c1-17-3-2-4-21-15-30(11-12-31(17)21)23(33)16-29-9-7-18-13-20(6-5-19(18)14-29)32-10-8-22(28-32)24(25,26)27/h5-6,8,10,13,17,21H,2-4,7,9,11-12,14-16H2,1H3/t17?,21-/m0/s1. The Balaban J connectivity index is 1.20. The Labute approximate surface area is 191 Å². The number of nitrogens with zero attached hydrogens (tertiary/aromatic N) is 5. The summed E-state index contributed by atoms with van der Waals surface area (Å²) in [6.45, 7) is 6.74. The minimum absolute atomic E-state index is 0.198. The monoisotopic (exact) mass is 461 g/mol. The van der Waals surface area contributed by atoms with Crippen LogP contribution >= 0.6 is 0 Å². The Hall–Kier alpha value is -2.39. The quantitative estimate of drug-likeness (QED) is 0.704.